The molecule has 0 saturated carbocycles. The van der Waals surface area contributed by atoms with E-state index in [9.17, 15) is 9.59 Å². The monoisotopic (exact) mass is 351 g/mol. The van der Waals surface area contributed by atoms with Crippen molar-refractivity contribution >= 4 is 12.3 Å². The maximum absolute atomic E-state index is 12.4. The zero-order valence-electron chi connectivity index (χ0n) is 15.2. The number of ether oxygens (including phenoxy) is 1. The molecule has 0 aliphatic rings. The van der Waals surface area contributed by atoms with E-state index in [0.717, 1.165) is 17.4 Å². The molecular weight excluding hydrogens is 326 g/mol. The number of carbonyl (C=O) groups excluding carboxylic acids is 2. The van der Waals surface area contributed by atoms with Gasteiger partial charge in [0.05, 0.1) is 12.6 Å². The van der Waals surface area contributed by atoms with Crippen LogP contribution in [0.5, 0.6) is 0 Å². The molecule has 2 aromatic carbocycles. The molecule has 4 nitrogen and oxygen atoms in total. The molecule has 1 unspecified atom stereocenters. The summed E-state index contributed by atoms with van der Waals surface area (Å²) in [6.07, 6.45) is 2.93. The number of aldehydes is 1. The quantitative estimate of drug-likeness (QED) is 0.424. The van der Waals surface area contributed by atoms with Gasteiger partial charge in [-0.05, 0) is 37.0 Å². The van der Waals surface area contributed by atoms with Crippen LogP contribution in [-0.4, -0.2) is 24.9 Å². The first-order valence-electron chi connectivity index (χ1n) is 8.80. The Kier molecular flexibility index (Phi) is 7.77. The fourth-order valence-corrected chi connectivity index (χ4v) is 2.70. The maximum atomic E-state index is 12.4. The number of carbonyl (C=O) groups is 2. The van der Waals surface area contributed by atoms with Gasteiger partial charge in [-0.3, -0.25) is 14.9 Å². The Balaban J connectivity index is 2.32. The van der Waals surface area contributed by atoms with Crippen LogP contribution in [0.15, 0.2) is 72.3 Å². The number of nitrogens with one attached hydrogen (secondary N) is 1. The summed E-state index contributed by atoms with van der Waals surface area (Å²) in [4.78, 5) is 23.3. The molecule has 26 heavy (non-hydrogen) atoms. The lowest BCUT2D eigenvalue weighted by Gasteiger charge is -2.25. The van der Waals surface area contributed by atoms with E-state index < -0.39 is 6.04 Å². The summed E-state index contributed by atoms with van der Waals surface area (Å²) in [5.41, 5.74) is 2.71. The standard InChI is InChI=1S/C22H25NO3/c1-3-26-22(25)20(15-14-17(2)16-24)23-21(18-10-6-4-7-11-18)19-12-8-5-9-13-19/h4-14,16,20-21,23H,3,15H2,1-2H3/b17-14+. The fraction of sp³-hybridized carbons (Fsp3) is 0.273. The molecule has 0 spiro atoms. The molecule has 0 aliphatic heterocycles. The third-order valence-electron chi connectivity index (χ3n) is 4.07. The molecule has 0 saturated heterocycles. The van der Waals surface area contributed by atoms with Crippen LogP contribution in [0.25, 0.3) is 0 Å². The van der Waals surface area contributed by atoms with Crippen LogP contribution >= 0.6 is 0 Å². The van der Waals surface area contributed by atoms with Gasteiger partial charge in [0.2, 0.25) is 0 Å². The average Bonchev–Trinajstić information content (AvgIpc) is 2.69. The van der Waals surface area contributed by atoms with Crippen LogP contribution in [0.2, 0.25) is 0 Å². The number of hydrogen-bond acceptors (Lipinski definition) is 4. The number of rotatable bonds is 9. The lowest BCUT2D eigenvalue weighted by atomic mass is 9.97. The Hall–Kier alpha value is -2.72. The maximum Gasteiger partial charge on any atom is 0.323 e. The molecule has 1 atom stereocenters. The van der Waals surface area contributed by atoms with Crippen molar-refractivity contribution in [3.63, 3.8) is 0 Å². The summed E-state index contributed by atoms with van der Waals surface area (Å²) in [5, 5.41) is 3.42. The second kappa shape index (κ2) is 10.3. The molecule has 2 aromatic rings. The highest BCUT2D eigenvalue weighted by Crippen LogP contribution is 2.23. The first kappa shape index (κ1) is 19.6. The second-order valence-electron chi connectivity index (χ2n) is 6.03. The highest BCUT2D eigenvalue weighted by atomic mass is 16.5. The van der Waals surface area contributed by atoms with Crippen LogP contribution in [0, 0.1) is 0 Å². The Morgan fingerprint density at radius 2 is 1.58 bits per heavy atom. The van der Waals surface area contributed by atoms with Crippen molar-refractivity contribution in [3.05, 3.63) is 83.4 Å². The first-order valence-corrected chi connectivity index (χ1v) is 8.80. The number of benzene rings is 2. The van der Waals surface area contributed by atoms with E-state index in [-0.39, 0.29) is 12.0 Å². The molecule has 4 heteroatoms. The third kappa shape index (κ3) is 5.67. The van der Waals surface area contributed by atoms with E-state index in [1.807, 2.05) is 60.7 Å². The van der Waals surface area contributed by atoms with E-state index in [2.05, 4.69) is 5.32 Å². The Morgan fingerprint density at radius 3 is 2.04 bits per heavy atom. The predicted molar refractivity (Wildman–Crippen MR) is 103 cm³/mol. The van der Waals surface area contributed by atoms with Crippen molar-refractivity contribution in [2.75, 3.05) is 6.61 Å². The highest BCUT2D eigenvalue weighted by molar-refractivity contribution is 5.77. The minimum atomic E-state index is -0.546. The molecule has 0 aromatic heterocycles. The van der Waals surface area contributed by atoms with Crippen molar-refractivity contribution in [1.82, 2.24) is 5.32 Å². The van der Waals surface area contributed by atoms with E-state index in [4.69, 9.17) is 4.74 Å². The van der Waals surface area contributed by atoms with E-state index in [1.54, 1.807) is 19.9 Å². The molecule has 0 radical (unpaired) electrons. The minimum Gasteiger partial charge on any atom is -0.465 e. The van der Waals surface area contributed by atoms with E-state index >= 15 is 0 Å². The Morgan fingerprint density at radius 1 is 1.04 bits per heavy atom. The SMILES string of the molecule is CCOC(=O)C(C/C=C(\C)C=O)NC(c1ccccc1)c1ccccc1. The molecule has 1 N–H and O–H groups in total. The van der Waals surface area contributed by atoms with Gasteiger partial charge >= 0.3 is 5.97 Å². The molecule has 0 bridgehead atoms. The molecule has 0 aliphatic carbocycles. The van der Waals surface area contributed by atoms with Gasteiger partial charge in [-0.25, -0.2) is 0 Å². The van der Waals surface area contributed by atoms with Gasteiger partial charge in [0.25, 0.3) is 0 Å². The summed E-state index contributed by atoms with van der Waals surface area (Å²) < 4.78 is 5.22. The lowest BCUT2D eigenvalue weighted by molar-refractivity contribution is -0.145. The van der Waals surface area contributed by atoms with Gasteiger partial charge in [0, 0.05) is 0 Å². The third-order valence-corrected chi connectivity index (χ3v) is 4.07. The first-order chi connectivity index (χ1) is 12.7. The largest absolute Gasteiger partial charge is 0.465 e. The van der Waals surface area contributed by atoms with Crippen LogP contribution in [0.4, 0.5) is 0 Å². The van der Waals surface area contributed by atoms with Crippen molar-refractivity contribution < 1.29 is 14.3 Å². The lowest BCUT2D eigenvalue weighted by Crippen LogP contribution is -2.40. The van der Waals surface area contributed by atoms with Crippen LogP contribution < -0.4 is 5.32 Å². The van der Waals surface area contributed by atoms with Crippen LogP contribution in [-0.2, 0) is 14.3 Å². The average molecular weight is 351 g/mol. The van der Waals surface area contributed by atoms with Gasteiger partial charge in [0.1, 0.15) is 12.3 Å². The molecule has 0 amide bonds. The van der Waals surface area contributed by atoms with Gasteiger partial charge in [-0.15, -0.1) is 0 Å². The summed E-state index contributed by atoms with van der Waals surface area (Å²) in [6.45, 7) is 3.82. The highest BCUT2D eigenvalue weighted by Gasteiger charge is 2.24. The van der Waals surface area contributed by atoms with Gasteiger partial charge in [-0.2, -0.15) is 0 Å². The predicted octanol–water partition coefficient (Wildman–Crippen LogP) is 3.83. The van der Waals surface area contributed by atoms with Gasteiger partial charge in [-0.1, -0.05) is 66.7 Å². The Bertz CT molecular complexity index is 686. The number of esters is 1. The molecule has 136 valence electrons. The van der Waals surface area contributed by atoms with Crippen LogP contribution in [0.3, 0.4) is 0 Å². The van der Waals surface area contributed by atoms with E-state index in [1.165, 1.54) is 0 Å². The van der Waals surface area contributed by atoms with Crippen molar-refractivity contribution in [2.24, 2.45) is 0 Å². The van der Waals surface area contributed by atoms with Crippen molar-refractivity contribution in [2.45, 2.75) is 32.4 Å². The molecule has 2 rings (SSSR count). The van der Waals surface area contributed by atoms with Crippen molar-refractivity contribution in [1.29, 1.82) is 0 Å². The topological polar surface area (TPSA) is 55.4 Å². The fourth-order valence-electron chi connectivity index (χ4n) is 2.70. The van der Waals surface area contributed by atoms with Gasteiger partial charge in [0.15, 0.2) is 0 Å². The van der Waals surface area contributed by atoms with Crippen molar-refractivity contribution in [3.8, 4) is 0 Å². The van der Waals surface area contributed by atoms with Gasteiger partial charge < -0.3 is 4.74 Å². The normalized spacial score (nSPS) is 12.7. The van der Waals surface area contributed by atoms with Crippen LogP contribution in [0.1, 0.15) is 37.4 Å². The summed E-state index contributed by atoms with van der Waals surface area (Å²) in [7, 11) is 0. The minimum absolute atomic E-state index is 0.156. The number of hydrogen-bond donors (Lipinski definition) is 1. The summed E-state index contributed by atoms with van der Waals surface area (Å²) in [5.74, 6) is -0.320. The second-order valence-corrected chi connectivity index (χ2v) is 6.03. The zero-order chi connectivity index (χ0) is 18.8. The zero-order valence-corrected chi connectivity index (χ0v) is 15.2. The molecule has 0 heterocycles. The summed E-state index contributed by atoms with van der Waals surface area (Å²) in [6, 6.07) is 19.2. The molecule has 0 fully saturated rings. The molecular formula is C22H25NO3. The van der Waals surface area contributed by atoms with E-state index in [0.29, 0.717) is 18.6 Å². The number of allylic oxidation sites excluding steroid dienone is 1. The smallest absolute Gasteiger partial charge is 0.323 e. The Labute approximate surface area is 154 Å². The summed E-state index contributed by atoms with van der Waals surface area (Å²) >= 11 is 0.